The molecule has 0 atom stereocenters. The number of rotatable bonds is 2. The van der Waals surface area contributed by atoms with Crippen molar-refractivity contribution in [2.75, 3.05) is 18.4 Å². The zero-order chi connectivity index (χ0) is 16.3. The molecule has 0 saturated carbocycles. The molecule has 0 aliphatic carbocycles. The summed E-state index contributed by atoms with van der Waals surface area (Å²) in [5.41, 5.74) is 0.542. The number of piperidine rings is 1. The van der Waals surface area contributed by atoms with Crippen LogP contribution < -0.4 is 5.32 Å². The molecule has 4 nitrogen and oxygen atoms in total. The van der Waals surface area contributed by atoms with E-state index in [-0.39, 0.29) is 6.09 Å². The zero-order valence-electron chi connectivity index (χ0n) is 13.2. The predicted molar refractivity (Wildman–Crippen MR) is 93.6 cm³/mol. The Morgan fingerprint density at radius 2 is 2.00 bits per heavy atom. The van der Waals surface area contributed by atoms with Crippen molar-refractivity contribution in [1.29, 1.82) is 0 Å². The van der Waals surface area contributed by atoms with Crippen LogP contribution in [0.15, 0.2) is 22.7 Å². The summed E-state index contributed by atoms with van der Waals surface area (Å²) in [5, 5.41) is 4.18. The van der Waals surface area contributed by atoms with Gasteiger partial charge in [0.1, 0.15) is 5.60 Å². The topological polar surface area (TPSA) is 41.6 Å². The number of anilines is 1. The minimum Gasteiger partial charge on any atom is -0.444 e. The van der Waals surface area contributed by atoms with E-state index in [1.807, 2.05) is 39.0 Å². The molecule has 0 aromatic heterocycles. The summed E-state index contributed by atoms with van der Waals surface area (Å²) in [7, 11) is 0. The molecule has 122 valence electrons. The highest BCUT2D eigenvalue weighted by Gasteiger charge is 2.27. The van der Waals surface area contributed by atoms with Gasteiger partial charge in [0.2, 0.25) is 0 Å². The Kier molecular flexibility index (Phi) is 5.61. The van der Waals surface area contributed by atoms with Gasteiger partial charge in [0.25, 0.3) is 0 Å². The maximum Gasteiger partial charge on any atom is 0.410 e. The van der Waals surface area contributed by atoms with Crippen LogP contribution in [-0.2, 0) is 4.74 Å². The largest absolute Gasteiger partial charge is 0.444 e. The molecular formula is C16H22BrClN2O2. The van der Waals surface area contributed by atoms with E-state index in [9.17, 15) is 4.79 Å². The van der Waals surface area contributed by atoms with E-state index in [0.29, 0.717) is 24.2 Å². The second kappa shape index (κ2) is 7.09. The van der Waals surface area contributed by atoms with Crippen LogP contribution in [0.5, 0.6) is 0 Å². The fraction of sp³-hybridized carbons (Fsp3) is 0.562. The average Bonchev–Trinajstić information content (AvgIpc) is 2.43. The van der Waals surface area contributed by atoms with Crippen molar-refractivity contribution < 1.29 is 9.53 Å². The molecule has 1 aromatic rings. The third-order valence-electron chi connectivity index (χ3n) is 3.46. The summed E-state index contributed by atoms with van der Waals surface area (Å²) in [5.74, 6) is 0. The average molecular weight is 390 g/mol. The van der Waals surface area contributed by atoms with Crippen LogP contribution in [-0.4, -0.2) is 35.7 Å². The molecule has 2 rings (SSSR count). The quantitative estimate of drug-likeness (QED) is 0.781. The van der Waals surface area contributed by atoms with Crippen molar-refractivity contribution in [3.8, 4) is 0 Å². The van der Waals surface area contributed by atoms with Gasteiger partial charge in [0, 0.05) is 19.1 Å². The number of amides is 1. The van der Waals surface area contributed by atoms with Crippen molar-refractivity contribution in [1.82, 2.24) is 4.90 Å². The summed E-state index contributed by atoms with van der Waals surface area (Å²) in [6.45, 7) is 7.05. The Balaban J connectivity index is 1.87. The highest BCUT2D eigenvalue weighted by atomic mass is 79.9. The number of halogens is 2. The van der Waals surface area contributed by atoms with E-state index in [4.69, 9.17) is 16.3 Å². The first-order valence-corrected chi connectivity index (χ1v) is 8.62. The molecular weight excluding hydrogens is 368 g/mol. The summed E-state index contributed by atoms with van der Waals surface area (Å²) in [6.07, 6.45) is 1.55. The van der Waals surface area contributed by atoms with Gasteiger partial charge in [0.05, 0.1) is 15.2 Å². The number of carbonyl (C=O) groups excluding carboxylic acids is 1. The summed E-state index contributed by atoms with van der Waals surface area (Å²) < 4.78 is 6.29. The minimum absolute atomic E-state index is 0.227. The first kappa shape index (κ1) is 17.4. The van der Waals surface area contributed by atoms with Crippen molar-refractivity contribution >= 4 is 39.3 Å². The summed E-state index contributed by atoms with van der Waals surface area (Å²) >= 11 is 9.60. The lowest BCUT2D eigenvalue weighted by molar-refractivity contribution is 0.0210. The number of nitrogens with one attached hydrogen (secondary N) is 1. The molecule has 22 heavy (non-hydrogen) atoms. The van der Waals surface area contributed by atoms with Crippen molar-refractivity contribution in [2.24, 2.45) is 0 Å². The number of ether oxygens (including phenoxy) is 1. The number of likely N-dealkylation sites (tertiary alicyclic amines) is 1. The molecule has 1 aliphatic heterocycles. The SMILES string of the molecule is CC(C)(C)OC(=O)N1CCC(Nc2cccc(Cl)c2Br)CC1. The minimum atomic E-state index is -0.447. The Labute approximate surface area is 145 Å². The van der Waals surface area contributed by atoms with Crippen molar-refractivity contribution in [3.63, 3.8) is 0 Å². The molecule has 1 aliphatic rings. The molecule has 6 heteroatoms. The maximum atomic E-state index is 12.0. The van der Waals surface area contributed by atoms with E-state index in [2.05, 4.69) is 21.2 Å². The van der Waals surface area contributed by atoms with Crippen LogP contribution in [0.4, 0.5) is 10.5 Å². The molecule has 1 amide bonds. The molecule has 0 unspecified atom stereocenters. The van der Waals surface area contributed by atoms with Crippen LogP contribution in [0.1, 0.15) is 33.6 Å². The van der Waals surface area contributed by atoms with E-state index < -0.39 is 5.60 Å². The summed E-state index contributed by atoms with van der Waals surface area (Å²) in [6, 6.07) is 6.09. The van der Waals surface area contributed by atoms with Gasteiger partial charge < -0.3 is 15.0 Å². The van der Waals surface area contributed by atoms with E-state index in [1.54, 1.807) is 4.90 Å². The van der Waals surface area contributed by atoms with Crippen molar-refractivity contribution in [2.45, 2.75) is 45.3 Å². The monoisotopic (exact) mass is 388 g/mol. The standard InChI is InChI=1S/C16H22BrClN2O2/c1-16(2,3)22-15(21)20-9-7-11(8-10-20)19-13-6-4-5-12(18)14(13)17/h4-6,11,19H,7-10H2,1-3H3. The molecule has 1 aromatic carbocycles. The predicted octanol–water partition coefficient (Wildman–Crippen LogP) is 4.91. The van der Waals surface area contributed by atoms with Crippen LogP contribution in [0.25, 0.3) is 0 Å². The fourth-order valence-electron chi connectivity index (χ4n) is 2.37. The molecule has 0 radical (unpaired) electrons. The van der Waals surface area contributed by atoms with Crippen LogP contribution in [0.2, 0.25) is 5.02 Å². The number of hydrogen-bond acceptors (Lipinski definition) is 3. The molecule has 0 spiro atoms. The van der Waals surface area contributed by atoms with E-state index in [0.717, 1.165) is 23.0 Å². The first-order valence-electron chi connectivity index (χ1n) is 7.45. The fourth-order valence-corrected chi connectivity index (χ4v) is 2.92. The highest BCUT2D eigenvalue weighted by Crippen LogP contribution is 2.31. The van der Waals surface area contributed by atoms with Crippen LogP contribution in [0.3, 0.4) is 0 Å². The third-order valence-corrected chi connectivity index (χ3v) is 4.86. The second-order valence-electron chi connectivity index (χ2n) is 6.49. The molecule has 1 saturated heterocycles. The van der Waals surface area contributed by atoms with Gasteiger partial charge in [-0.1, -0.05) is 17.7 Å². The molecule has 0 bridgehead atoms. The van der Waals surface area contributed by atoms with Crippen molar-refractivity contribution in [3.05, 3.63) is 27.7 Å². The van der Waals surface area contributed by atoms with Gasteiger partial charge in [-0.15, -0.1) is 0 Å². The molecule has 1 heterocycles. The van der Waals surface area contributed by atoms with Gasteiger partial charge >= 0.3 is 6.09 Å². The molecule has 1 N–H and O–H groups in total. The normalized spacial score (nSPS) is 16.5. The first-order chi connectivity index (χ1) is 10.3. The number of benzene rings is 1. The van der Waals surface area contributed by atoms with Gasteiger partial charge in [-0.3, -0.25) is 0 Å². The smallest absolute Gasteiger partial charge is 0.410 e. The Hall–Kier alpha value is -0.940. The van der Waals surface area contributed by atoms with Crippen LogP contribution >= 0.6 is 27.5 Å². The van der Waals surface area contributed by atoms with Gasteiger partial charge in [-0.05, 0) is 61.7 Å². The van der Waals surface area contributed by atoms with Gasteiger partial charge in [-0.2, -0.15) is 0 Å². The van der Waals surface area contributed by atoms with E-state index >= 15 is 0 Å². The number of carbonyl (C=O) groups is 1. The van der Waals surface area contributed by atoms with E-state index in [1.165, 1.54) is 0 Å². The molecule has 1 fully saturated rings. The lowest BCUT2D eigenvalue weighted by Crippen LogP contribution is -2.44. The lowest BCUT2D eigenvalue weighted by Gasteiger charge is -2.34. The lowest BCUT2D eigenvalue weighted by atomic mass is 10.0. The van der Waals surface area contributed by atoms with Gasteiger partial charge in [-0.25, -0.2) is 4.79 Å². The number of nitrogens with zero attached hydrogens (tertiary/aromatic N) is 1. The number of hydrogen-bond donors (Lipinski definition) is 1. The zero-order valence-corrected chi connectivity index (χ0v) is 15.5. The Morgan fingerprint density at radius 1 is 1.36 bits per heavy atom. The summed E-state index contributed by atoms with van der Waals surface area (Å²) in [4.78, 5) is 13.8. The maximum absolute atomic E-state index is 12.0. The third kappa shape index (κ3) is 4.78. The second-order valence-corrected chi connectivity index (χ2v) is 7.69. The highest BCUT2D eigenvalue weighted by molar-refractivity contribution is 9.10. The Bertz CT molecular complexity index is 537. The Morgan fingerprint density at radius 3 is 2.59 bits per heavy atom. The van der Waals surface area contributed by atoms with Gasteiger partial charge in [0.15, 0.2) is 0 Å². The van der Waals surface area contributed by atoms with Crippen LogP contribution in [0, 0.1) is 0 Å².